The number of carbonyl (C=O) groups is 3. The number of fused-ring (bicyclic) bond motifs is 3. The van der Waals surface area contributed by atoms with Gasteiger partial charge in [0.1, 0.15) is 53.0 Å². The highest BCUT2D eigenvalue weighted by molar-refractivity contribution is 5.99. The van der Waals surface area contributed by atoms with Crippen LogP contribution in [0.2, 0.25) is 0 Å². The molecule has 0 aliphatic rings. The van der Waals surface area contributed by atoms with Gasteiger partial charge in [-0.1, -0.05) is 35.1 Å². The molecule has 0 saturated carbocycles. The van der Waals surface area contributed by atoms with Crippen LogP contribution >= 0.6 is 0 Å². The fourth-order valence-electron chi connectivity index (χ4n) is 7.20. The molecule has 6 aromatic heterocycles. The van der Waals surface area contributed by atoms with Crippen LogP contribution in [0.3, 0.4) is 0 Å². The molecule has 9 aromatic rings. The summed E-state index contributed by atoms with van der Waals surface area (Å²) in [5.74, 6) is -2.75. The van der Waals surface area contributed by atoms with E-state index in [0.717, 1.165) is 6.07 Å². The van der Waals surface area contributed by atoms with Crippen LogP contribution in [0.25, 0.3) is 66.9 Å². The van der Waals surface area contributed by atoms with E-state index in [1.807, 2.05) is 0 Å². The smallest absolute Gasteiger partial charge is 0.335 e. The van der Waals surface area contributed by atoms with Gasteiger partial charge >= 0.3 is 5.97 Å². The number of nitrogens with zero attached hydrogens (tertiary/aromatic N) is 9. The molecule has 3 aromatic carbocycles. The van der Waals surface area contributed by atoms with Gasteiger partial charge in [0.05, 0.1) is 45.8 Å². The zero-order valence-corrected chi connectivity index (χ0v) is 43.9. The molecule has 9 rings (SSSR count). The van der Waals surface area contributed by atoms with Crippen LogP contribution in [0.15, 0.2) is 110 Å². The van der Waals surface area contributed by atoms with Crippen molar-refractivity contribution >= 4 is 68.1 Å². The number of hydrogen-bond donors (Lipinski definition) is 8. The zero-order chi connectivity index (χ0) is 58.0. The van der Waals surface area contributed by atoms with Gasteiger partial charge in [-0.15, -0.1) is 0 Å². The number of nitrogens with two attached hydrogens (primary N) is 4. The Morgan fingerprint density at radius 3 is 1.02 bits per heavy atom. The average Bonchev–Trinajstić information content (AvgIpc) is 3.43. The van der Waals surface area contributed by atoms with Crippen LogP contribution < -0.4 is 22.9 Å². The minimum atomic E-state index is -1.21. The monoisotopic (exact) mass is 1100 g/mol. The minimum Gasteiger partial charge on any atom is -0.478 e. The Hall–Kier alpha value is -9.03. The molecular weight excluding hydrogens is 1040 g/mol. The highest BCUT2D eigenvalue weighted by Crippen LogP contribution is 2.30. The second-order valence-electron chi connectivity index (χ2n) is 20.5. The summed E-state index contributed by atoms with van der Waals surface area (Å²) in [5, 5.41) is 35.9. The lowest BCUT2D eigenvalue weighted by atomic mass is 9.86. The van der Waals surface area contributed by atoms with E-state index in [0.29, 0.717) is 66.9 Å². The molecule has 80 heavy (non-hydrogen) atoms. The molecule has 0 aliphatic carbocycles. The van der Waals surface area contributed by atoms with Gasteiger partial charge in [-0.3, -0.25) is 9.59 Å². The lowest BCUT2D eigenvalue weighted by Crippen LogP contribution is -2.35. The van der Waals surface area contributed by atoms with Gasteiger partial charge < -0.3 is 43.4 Å². The van der Waals surface area contributed by atoms with Gasteiger partial charge in [0.15, 0.2) is 29.0 Å². The van der Waals surface area contributed by atoms with Crippen molar-refractivity contribution in [2.24, 2.45) is 16.6 Å². The van der Waals surface area contributed by atoms with Gasteiger partial charge in [0, 0.05) is 59.4 Å². The number of ketones is 2. The van der Waals surface area contributed by atoms with Gasteiger partial charge in [0.2, 0.25) is 0 Å². The summed E-state index contributed by atoms with van der Waals surface area (Å²) in [4.78, 5) is 72.9. The number of nitrogen functional groups attached to an aromatic ring is 3. The quantitative estimate of drug-likeness (QED) is 0.0502. The Morgan fingerprint density at radius 1 is 0.463 bits per heavy atom. The molecule has 6 heterocycles. The van der Waals surface area contributed by atoms with E-state index < -0.39 is 39.8 Å². The number of Topliss-reactive ketones (excluding diaryl/α,β-unsaturated/α-hetero) is 2. The van der Waals surface area contributed by atoms with Crippen molar-refractivity contribution in [1.82, 2.24) is 44.9 Å². The van der Waals surface area contributed by atoms with Crippen molar-refractivity contribution in [3.8, 4) is 33.8 Å². The SMILES string of the molecule is C.CC(C)(CO)CC(=O)c1cc(F)cc(-c2ccc3ncnc(N)c3n2)c1.CC(C)(CO)CC(=O)c1cc(F)cc(-c2ccc3ncnc(N)c3n2)c1.CC(C)(N)CO.Nc1ncnc2ccc(-c3cc(F)cc(C(=O)O)c3)nc12. The van der Waals surface area contributed by atoms with Crippen molar-refractivity contribution in [3.05, 3.63) is 144 Å². The van der Waals surface area contributed by atoms with E-state index in [9.17, 15) is 37.8 Å². The highest BCUT2D eigenvalue weighted by atomic mass is 19.1. The number of carboxylic acid groups (broad SMARTS) is 1. The molecule has 0 spiro atoms. The van der Waals surface area contributed by atoms with Crippen LogP contribution in [-0.2, 0) is 0 Å². The van der Waals surface area contributed by atoms with E-state index in [1.54, 1.807) is 90.1 Å². The maximum atomic E-state index is 14.1. The number of carbonyl (C=O) groups excluding carboxylic acids is 2. The number of aromatic nitrogens is 9. The number of benzene rings is 3. The van der Waals surface area contributed by atoms with Crippen molar-refractivity contribution in [2.75, 3.05) is 37.0 Å². The van der Waals surface area contributed by atoms with E-state index >= 15 is 0 Å². The lowest BCUT2D eigenvalue weighted by Gasteiger charge is -2.20. The molecule has 0 bridgehead atoms. The largest absolute Gasteiger partial charge is 0.478 e. The molecule has 0 amide bonds. The number of rotatable bonds is 13. The number of hydrogen-bond acceptors (Lipinski definition) is 19. The Bertz CT molecular complexity index is 3550. The first-order valence-electron chi connectivity index (χ1n) is 24.1. The summed E-state index contributed by atoms with van der Waals surface area (Å²) in [6.07, 6.45) is 4.24. The first-order chi connectivity index (χ1) is 37.2. The number of aliphatic hydroxyl groups excluding tert-OH is 3. The van der Waals surface area contributed by atoms with Crippen LogP contribution in [-0.4, -0.2) is 108 Å². The fraction of sp³-hybridized carbons (Fsp3) is 0.263. The van der Waals surface area contributed by atoms with Crippen molar-refractivity contribution < 1.29 is 48.0 Å². The molecule has 418 valence electrons. The third kappa shape index (κ3) is 16.5. The summed E-state index contributed by atoms with van der Waals surface area (Å²) in [7, 11) is 0. The normalized spacial score (nSPS) is 11.3. The summed E-state index contributed by atoms with van der Waals surface area (Å²) >= 11 is 0. The first-order valence-corrected chi connectivity index (χ1v) is 24.1. The van der Waals surface area contributed by atoms with Crippen molar-refractivity contribution in [2.45, 2.75) is 67.3 Å². The number of aliphatic hydroxyl groups is 3. The third-order valence-corrected chi connectivity index (χ3v) is 11.5. The van der Waals surface area contributed by atoms with Gasteiger partial charge in [-0.25, -0.2) is 62.8 Å². The van der Waals surface area contributed by atoms with Crippen LogP contribution in [0.5, 0.6) is 0 Å². The Morgan fingerprint density at radius 2 is 0.750 bits per heavy atom. The highest BCUT2D eigenvalue weighted by Gasteiger charge is 2.24. The van der Waals surface area contributed by atoms with Crippen LogP contribution in [0, 0.1) is 28.3 Å². The molecule has 0 radical (unpaired) electrons. The summed E-state index contributed by atoms with van der Waals surface area (Å²) in [6, 6.07) is 21.8. The van der Waals surface area contributed by atoms with Gasteiger partial charge in [-0.2, -0.15) is 0 Å². The number of halogens is 3. The van der Waals surface area contributed by atoms with E-state index in [1.165, 1.54) is 55.4 Å². The molecule has 0 unspecified atom stereocenters. The number of aromatic carboxylic acids is 1. The van der Waals surface area contributed by atoms with Crippen molar-refractivity contribution in [3.63, 3.8) is 0 Å². The molecule has 23 heteroatoms. The van der Waals surface area contributed by atoms with Crippen LogP contribution in [0.4, 0.5) is 30.6 Å². The fourth-order valence-corrected chi connectivity index (χ4v) is 7.20. The number of pyridine rings is 3. The number of carboxylic acids is 1. The molecule has 0 aliphatic heterocycles. The van der Waals surface area contributed by atoms with Gasteiger partial charge in [0.25, 0.3) is 0 Å². The molecule has 20 nitrogen and oxygen atoms in total. The Kier molecular flexibility index (Phi) is 20.2. The van der Waals surface area contributed by atoms with Gasteiger partial charge in [-0.05, 0) is 116 Å². The molecule has 0 fully saturated rings. The average molecular weight is 1100 g/mol. The first kappa shape index (κ1) is 61.8. The molecule has 12 N–H and O–H groups in total. The predicted molar refractivity (Wildman–Crippen MR) is 300 cm³/mol. The number of anilines is 3. The predicted octanol–water partition coefficient (Wildman–Crippen LogP) is 8.47. The van der Waals surface area contributed by atoms with E-state index in [2.05, 4.69) is 44.9 Å². The molecular formula is C57H62F3N13O7. The van der Waals surface area contributed by atoms with Crippen molar-refractivity contribution in [1.29, 1.82) is 0 Å². The summed E-state index contributed by atoms with van der Waals surface area (Å²) in [5.41, 5.74) is 27.0. The topological polar surface area (TPSA) is 352 Å². The van der Waals surface area contributed by atoms with Crippen LogP contribution in [0.1, 0.15) is 92.9 Å². The summed E-state index contributed by atoms with van der Waals surface area (Å²) in [6.45, 7) is 10.4. The Balaban J connectivity index is 0.000000209. The second-order valence-corrected chi connectivity index (χ2v) is 20.5. The standard InChI is InChI=1S/2C19H19FN4O2.C14H9FN4O2.C4H11NO.CH4/c2*1-19(2,9-25)8-16(26)12-5-11(6-13(20)7-12)14-3-4-15-17(24-14)18(21)23-10-22-15;15-9-4-7(3-8(5-9)14(20)21)10-1-2-11-12(19-10)13(16)18-6-17-11;1-4(2,5)3-6;/h2*3-7,10,25H,8-9H2,1-2H3,(H2,21,22,23);1-6H,(H,20,21)(H2,16,17,18);6H,3,5H2,1-2H3;1H4. The zero-order valence-electron chi connectivity index (χ0n) is 43.9. The summed E-state index contributed by atoms with van der Waals surface area (Å²) < 4.78 is 41.7. The minimum absolute atomic E-state index is 0. The maximum Gasteiger partial charge on any atom is 0.335 e. The van der Waals surface area contributed by atoms with E-state index in [4.69, 9.17) is 33.1 Å². The molecule has 0 atom stereocenters. The maximum absolute atomic E-state index is 14.1. The lowest BCUT2D eigenvalue weighted by molar-refractivity contribution is 0.0695. The van der Waals surface area contributed by atoms with E-state index in [-0.39, 0.29) is 85.8 Å². The molecule has 0 saturated heterocycles. The second kappa shape index (κ2) is 26.1. The third-order valence-electron chi connectivity index (χ3n) is 11.5. The Labute approximate surface area is 458 Å².